The Labute approximate surface area is 203 Å². The van der Waals surface area contributed by atoms with E-state index in [0.717, 1.165) is 41.9 Å². The third-order valence-electron chi connectivity index (χ3n) is 11.5. The minimum Gasteiger partial charge on any atom is -0.366 e. The molecule has 1 saturated heterocycles. The van der Waals surface area contributed by atoms with E-state index in [1.54, 1.807) is 0 Å². The molecule has 5 heteroatoms. The van der Waals surface area contributed by atoms with E-state index in [1.165, 1.54) is 64.0 Å². The molecule has 0 unspecified atom stereocenters. The van der Waals surface area contributed by atoms with Crippen molar-refractivity contribution in [2.24, 2.45) is 52.3 Å². The van der Waals surface area contributed by atoms with Gasteiger partial charge in [-0.25, -0.2) is 0 Å². The molecule has 4 saturated carbocycles. The van der Waals surface area contributed by atoms with Crippen molar-refractivity contribution in [1.82, 2.24) is 0 Å². The zero-order chi connectivity index (χ0) is 23.8. The van der Waals surface area contributed by atoms with Crippen LogP contribution in [0.25, 0.3) is 0 Å². The van der Waals surface area contributed by atoms with Crippen LogP contribution in [0.2, 0.25) is 0 Å². The lowest BCUT2D eigenvalue weighted by molar-refractivity contribution is -0.121. The molecule has 0 aromatic carbocycles. The first-order valence-corrected chi connectivity index (χ1v) is 15.8. The normalized spacial score (nSPS) is 49.7. The first kappa shape index (κ1) is 24.6. The minimum atomic E-state index is -3.44. The molecule has 0 bridgehead atoms. The molecule has 1 aliphatic heterocycles. The first-order valence-electron chi connectivity index (χ1n) is 14.0. The topological polar surface area (TPSA) is 55.9 Å². The van der Waals surface area contributed by atoms with Crippen LogP contribution in [0, 0.1) is 52.3 Å². The van der Waals surface area contributed by atoms with Gasteiger partial charge in [0, 0.05) is 5.41 Å². The maximum Gasteiger partial charge on any atom is 0.264 e. The van der Waals surface area contributed by atoms with Crippen LogP contribution in [0.4, 0.5) is 0 Å². The molecule has 0 spiro atoms. The molecule has 5 fully saturated rings. The van der Waals surface area contributed by atoms with Crippen LogP contribution >= 0.6 is 0 Å². The first-order chi connectivity index (χ1) is 15.4. The quantitative estimate of drug-likeness (QED) is 0.311. The summed E-state index contributed by atoms with van der Waals surface area (Å²) >= 11 is 0. The monoisotopic (exact) mass is 480 g/mol. The van der Waals surface area contributed by atoms with Gasteiger partial charge in [0.2, 0.25) is 0 Å². The standard InChI is InChI=1S/C28H48O4S/c1-17(2)8-7-9-18(3)21-12-13-22-20-11-10-19-16-24(32-33(6,29)30)25-26(31-25)28(19,5)23(20)14-15-27(21,22)4/h17-26H,7-16H2,1-6H3/t18-,19+,20+,21+,22-,23-,24+,25+,26+,27-,28+/m1/s1. The smallest absolute Gasteiger partial charge is 0.264 e. The number of rotatable bonds is 7. The van der Waals surface area contributed by atoms with Crippen LogP contribution in [0.5, 0.6) is 0 Å². The minimum absolute atomic E-state index is 0.00894. The third kappa shape index (κ3) is 4.14. The molecule has 33 heavy (non-hydrogen) atoms. The van der Waals surface area contributed by atoms with Crippen molar-refractivity contribution in [2.45, 2.75) is 117 Å². The molecule has 11 atom stereocenters. The second-order valence-electron chi connectivity index (χ2n) is 13.6. The number of hydrogen-bond donors (Lipinski definition) is 0. The molecule has 1 heterocycles. The molecule has 5 aliphatic rings. The van der Waals surface area contributed by atoms with Crippen molar-refractivity contribution in [3.8, 4) is 0 Å². The summed E-state index contributed by atoms with van der Waals surface area (Å²) < 4.78 is 35.3. The van der Waals surface area contributed by atoms with Crippen LogP contribution in [-0.4, -0.2) is 33.0 Å². The lowest BCUT2D eigenvalue weighted by atomic mass is 9.44. The predicted octanol–water partition coefficient (Wildman–Crippen LogP) is 6.44. The number of hydrogen-bond acceptors (Lipinski definition) is 4. The summed E-state index contributed by atoms with van der Waals surface area (Å²) in [4.78, 5) is 0. The van der Waals surface area contributed by atoms with E-state index < -0.39 is 10.1 Å². The number of epoxide rings is 1. The second-order valence-corrected chi connectivity index (χ2v) is 15.2. The van der Waals surface area contributed by atoms with Crippen molar-refractivity contribution in [1.29, 1.82) is 0 Å². The zero-order valence-corrected chi connectivity index (χ0v) is 22.7. The molecular formula is C28H48O4S. The third-order valence-corrected chi connectivity index (χ3v) is 12.1. The van der Waals surface area contributed by atoms with E-state index >= 15 is 0 Å². The summed E-state index contributed by atoms with van der Waals surface area (Å²) in [7, 11) is -3.44. The van der Waals surface area contributed by atoms with Gasteiger partial charge in [0.15, 0.2) is 0 Å². The second kappa shape index (κ2) is 8.47. The van der Waals surface area contributed by atoms with Crippen LogP contribution < -0.4 is 0 Å². The molecule has 4 nitrogen and oxygen atoms in total. The maximum atomic E-state index is 11.8. The van der Waals surface area contributed by atoms with E-state index in [9.17, 15) is 8.42 Å². The van der Waals surface area contributed by atoms with Gasteiger partial charge in [-0.2, -0.15) is 8.42 Å². The van der Waals surface area contributed by atoms with Gasteiger partial charge in [0.1, 0.15) is 12.2 Å². The van der Waals surface area contributed by atoms with E-state index in [4.69, 9.17) is 8.92 Å². The molecule has 0 aromatic heterocycles. The number of ether oxygens (including phenoxy) is 1. The van der Waals surface area contributed by atoms with Gasteiger partial charge < -0.3 is 4.74 Å². The van der Waals surface area contributed by atoms with Gasteiger partial charge in [-0.15, -0.1) is 0 Å². The maximum absolute atomic E-state index is 11.8. The SMILES string of the molecule is CC(C)CCC[C@@H](C)[C@@H]1CC[C@@H]2[C@@H]3CC[C@H]4C[C@H](OS(C)(=O)=O)[C@@H]5O[C@@H]5[C@]4(C)[C@@H]3CC[C@@]21C. The summed E-state index contributed by atoms with van der Waals surface area (Å²) in [5, 5.41) is 0. The van der Waals surface area contributed by atoms with Crippen LogP contribution in [-0.2, 0) is 19.0 Å². The van der Waals surface area contributed by atoms with Crippen LogP contribution in [0.15, 0.2) is 0 Å². The Kier molecular flexibility index (Phi) is 6.31. The predicted molar refractivity (Wildman–Crippen MR) is 132 cm³/mol. The van der Waals surface area contributed by atoms with Gasteiger partial charge in [-0.1, -0.05) is 53.9 Å². The average molecular weight is 481 g/mol. The Hall–Kier alpha value is -0.130. The lowest BCUT2D eigenvalue weighted by Crippen LogP contribution is -2.57. The van der Waals surface area contributed by atoms with Gasteiger partial charge in [-0.3, -0.25) is 4.18 Å². The average Bonchev–Trinajstić information content (AvgIpc) is 3.44. The van der Waals surface area contributed by atoms with Crippen LogP contribution in [0.3, 0.4) is 0 Å². The van der Waals surface area contributed by atoms with Crippen molar-refractivity contribution < 1.29 is 17.3 Å². The Morgan fingerprint density at radius 1 is 1.00 bits per heavy atom. The van der Waals surface area contributed by atoms with Gasteiger partial charge in [-0.05, 0) is 91.8 Å². The molecular weight excluding hydrogens is 432 g/mol. The van der Waals surface area contributed by atoms with Crippen molar-refractivity contribution in [3.05, 3.63) is 0 Å². The molecule has 5 rings (SSSR count). The Morgan fingerprint density at radius 2 is 1.76 bits per heavy atom. The fourth-order valence-corrected chi connectivity index (χ4v) is 10.6. The van der Waals surface area contributed by atoms with Gasteiger partial charge in [0.25, 0.3) is 10.1 Å². The van der Waals surface area contributed by atoms with Crippen molar-refractivity contribution in [2.75, 3.05) is 6.26 Å². The summed E-state index contributed by atoms with van der Waals surface area (Å²) in [6, 6.07) is 0. The fraction of sp³-hybridized carbons (Fsp3) is 1.00. The highest BCUT2D eigenvalue weighted by Crippen LogP contribution is 2.70. The van der Waals surface area contributed by atoms with E-state index in [1.807, 2.05) is 0 Å². The summed E-state index contributed by atoms with van der Waals surface area (Å²) in [5.74, 6) is 5.53. The van der Waals surface area contributed by atoms with Crippen LogP contribution in [0.1, 0.15) is 98.8 Å². The molecule has 0 radical (unpaired) electrons. The molecule has 0 N–H and O–H groups in total. The Balaban J connectivity index is 1.30. The van der Waals surface area contributed by atoms with E-state index in [2.05, 4.69) is 34.6 Å². The molecule has 0 aromatic rings. The zero-order valence-electron chi connectivity index (χ0n) is 21.9. The van der Waals surface area contributed by atoms with E-state index in [0.29, 0.717) is 11.3 Å². The molecule has 4 aliphatic carbocycles. The van der Waals surface area contributed by atoms with Gasteiger partial charge >= 0.3 is 0 Å². The number of fused-ring (bicyclic) bond motifs is 7. The summed E-state index contributed by atoms with van der Waals surface area (Å²) in [5.41, 5.74) is 0.718. The molecule has 0 amide bonds. The van der Waals surface area contributed by atoms with E-state index in [-0.39, 0.29) is 23.7 Å². The fourth-order valence-electron chi connectivity index (χ4n) is 9.95. The Morgan fingerprint density at radius 3 is 2.45 bits per heavy atom. The highest BCUT2D eigenvalue weighted by atomic mass is 32.2. The molecule has 190 valence electrons. The summed E-state index contributed by atoms with van der Waals surface area (Å²) in [6.07, 6.45) is 14.2. The van der Waals surface area contributed by atoms with Gasteiger partial charge in [0.05, 0.1) is 12.4 Å². The largest absolute Gasteiger partial charge is 0.366 e. The lowest BCUT2D eigenvalue weighted by Gasteiger charge is -2.60. The van der Waals surface area contributed by atoms with Crippen molar-refractivity contribution >= 4 is 10.1 Å². The summed E-state index contributed by atoms with van der Waals surface area (Å²) in [6.45, 7) is 12.4. The highest BCUT2D eigenvalue weighted by Gasteiger charge is 2.70. The Bertz CT molecular complexity index is 839. The highest BCUT2D eigenvalue weighted by molar-refractivity contribution is 7.86. The van der Waals surface area contributed by atoms with Crippen molar-refractivity contribution in [3.63, 3.8) is 0 Å².